The highest BCUT2D eigenvalue weighted by Crippen LogP contribution is 2.16. The summed E-state index contributed by atoms with van der Waals surface area (Å²) in [6.45, 7) is 12.3. The Morgan fingerprint density at radius 2 is 1.85 bits per heavy atom. The summed E-state index contributed by atoms with van der Waals surface area (Å²) in [6.07, 6.45) is 0.831. The molecule has 1 saturated heterocycles. The van der Waals surface area contributed by atoms with Crippen molar-refractivity contribution in [2.24, 2.45) is 4.99 Å². The van der Waals surface area contributed by atoms with Gasteiger partial charge in [-0.2, -0.15) is 0 Å². The van der Waals surface area contributed by atoms with E-state index >= 15 is 0 Å². The van der Waals surface area contributed by atoms with E-state index in [4.69, 9.17) is 9.73 Å². The van der Waals surface area contributed by atoms with Crippen LogP contribution >= 0.6 is 24.0 Å². The normalized spacial score (nSPS) is 16.1. The molecule has 0 spiro atoms. The Bertz CT molecular complexity index is 545. The van der Waals surface area contributed by atoms with Gasteiger partial charge in [0.15, 0.2) is 5.96 Å². The fraction of sp³-hybridized carbons (Fsp3) is 0.632. The van der Waals surface area contributed by atoms with Gasteiger partial charge in [0.1, 0.15) is 5.82 Å². The first kappa shape index (κ1) is 23.1. The topological polar surface area (TPSA) is 48.9 Å². The number of guanidine groups is 1. The number of halogens is 2. The Hall–Kier alpha value is -0.930. The lowest BCUT2D eigenvalue weighted by Crippen LogP contribution is -2.52. The number of rotatable bonds is 7. The van der Waals surface area contributed by atoms with Crippen LogP contribution in [0.15, 0.2) is 29.3 Å². The standard InChI is InChI=1S/C19H31FN4O.HI/c1-4-21-18(22-10-9-16-5-7-17(20)8-6-16)23-15-19(2,3)24-11-13-25-14-12-24;/h5-8H,4,9-15H2,1-3H3,(H2,21,22,23);1H. The smallest absolute Gasteiger partial charge is 0.191 e. The van der Waals surface area contributed by atoms with Gasteiger partial charge in [-0.25, -0.2) is 4.39 Å². The van der Waals surface area contributed by atoms with Crippen molar-refractivity contribution in [1.82, 2.24) is 15.5 Å². The van der Waals surface area contributed by atoms with Crippen LogP contribution in [0, 0.1) is 5.82 Å². The molecule has 0 saturated carbocycles. The van der Waals surface area contributed by atoms with Crippen LogP contribution in [0.5, 0.6) is 0 Å². The maximum atomic E-state index is 12.9. The molecule has 1 aliphatic rings. The molecule has 2 rings (SSSR count). The summed E-state index contributed by atoms with van der Waals surface area (Å²) in [7, 11) is 0. The second-order valence-corrected chi connectivity index (χ2v) is 6.91. The molecule has 0 radical (unpaired) electrons. The largest absolute Gasteiger partial charge is 0.379 e. The molecule has 0 atom stereocenters. The minimum Gasteiger partial charge on any atom is -0.379 e. The minimum atomic E-state index is -0.197. The van der Waals surface area contributed by atoms with E-state index in [1.54, 1.807) is 0 Å². The summed E-state index contributed by atoms with van der Waals surface area (Å²) in [6, 6.07) is 6.64. The molecule has 5 nitrogen and oxygen atoms in total. The van der Waals surface area contributed by atoms with Crippen LogP contribution in [0.25, 0.3) is 0 Å². The quantitative estimate of drug-likeness (QED) is 0.360. The zero-order chi connectivity index (χ0) is 18.1. The Balaban J connectivity index is 0.00000338. The molecule has 1 heterocycles. The number of benzene rings is 1. The summed E-state index contributed by atoms with van der Waals surface area (Å²) in [5.41, 5.74) is 1.11. The Morgan fingerprint density at radius 1 is 1.19 bits per heavy atom. The first-order chi connectivity index (χ1) is 12.0. The summed E-state index contributed by atoms with van der Waals surface area (Å²) in [4.78, 5) is 7.19. The predicted molar refractivity (Wildman–Crippen MR) is 116 cm³/mol. The van der Waals surface area contributed by atoms with E-state index in [9.17, 15) is 4.39 Å². The second kappa shape index (κ2) is 11.7. The van der Waals surface area contributed by atoms with Crippen LogP contribution in [0.3, 0.4) is 0 Å². The maximum Gasteiger partial charge on any atom is 0.191 e. The summed E-state index contributed by atoms with van der Waals surface area (Å²) in [5, 5.41) is 6.65. The van der Waals surface area contributed by atoms with E-state index in [-0.39, 0.29) is 35.3 Å². The van der Waals surface area contributed by atoms with E-state index < -0.39 is 0 Å². The average Bonchev–Trinajstić information content (AvgIpc) is 2.62. The lowest BCUT2D eigenvalue weighted by molar-refractivity contribution is -0.00683. The van der Waals surface area contributed by atoms with E-state index in [1.165, 1.54) is 12.1 Å². The molecule has 2 N–H and O–H groups in total. The molecular formula is C19H32FIN4O. The van der Waals surface area contributed by atoms with E-state index in [0.717, 1.165) is 63.9 Å². The van der Waals surface area contributed by atoms with Gasteiger partial charge in [0.2, 0.25) is 0 Å². The maximum absolute atomic E-state index is 12.9. The first-order valence-corrected chi connectivity index (χ1v) is 9.10. The van der Waals surface area contributed by atoms with Crippen LogP contribution < -0.4 is 10.6 Å². The van der Waals surface area contributed by atoms with Crippen molar-refractivity contribution < 1.29 is 9.13 Å². The third-order valence-electron chi connectivity index (χ3n) is 4.45. The fourth-order valence-electron chi connectivity index (χ4n) is 2.86. The summed E-state index contributed by atoms with van der Waals surface area (Å²) < 4.78 is 18.4. The van der Waals surface area contributed by atoms with Crippen LogP contribution in [-0.4, -0.2) is 62.3 Å². The van der Waals surface area contributed by atoms with Crippen LogP contribution in [0.2, 0.25) is 0 Å². The molecule has 0 aliphatic carbocycles. The van der Waals surface area contributed by atoms with Gasteiger partial charge in [-0.05, 0) is 44.9 Å². The number of hydrogen-bond acceptors (Lipinski definition) is 3. The van der Waals surface area contributed by atoms with Crippen molar-refractivity contribution in [2.45, 2.75) is 32.7 Å². The first-order valence-electron chi connectivity index (χ1n) is 9.10. The van der Waals surface area contributed by atoms with Gasteiger partial charge in [-0.3, -0.25) is 9.89 Å². The third-order valence-corrected chi connectivity index (χ3v) is 4.45. The molecule has 1 aliphatic heterocycles. The van der Waals surface area contributed by atoms with Crippen LogP contribution in [0.1, 0.15) is 26.3 Å². The third kappa shape index (κ3) is 7.75. The molecule has 0 amide bonds. The van der Waals surface area contributed by atoms with Gasteiger partial charge < -0.3 is 15.4 Å². The van der Waals surface area contributed by atoms with Gasteiger partial charge in [-0.1, -0.05) is 12.1 Å². The van der Waals surface area contributed by atoms with E-state index in [1.807, 2.05) is 12.1 Å². The van der Waals surface area contributed by atoms with Crippen LogP contribution in [0.4, 0.5) is 4.39 Å². The average molecular weight is 478 g/mol. The molecule has 26 heavy (non-hydrogen) atoms. The Labute approximate surface area is 173 Å². The highest BCUT2D eigenvalue weighted by Gasteiger charge is 2.28. The highest BCUT2D eigenvalue weighted by atomic mass is 127. The number of ether oxygens (including phenoxy) is 1. The van der Waals surface area contributed by atoms with Crippen molar-refractivity contribution in [3.63, 3.8) is 0 Å². The molecule has 0 aromatic heterocycles. The molecule has 148 valence electrons. The van der Waals surface area contributed by atoms with Gasteiger partial charge in [0.05, 0.1) is 19.8 Å². The van der Waals surface area contributed by atoms with Crippen molar-refractivity contribution >= 4 is 29.9 Å². The van der Waals surface area contributed by atoms with Crippen LogP contribution in [-0.2, 0) is 11.2 Å². The minimum absolute atomic E-state index is 0. The van der Waals surface area contributed by atoms with Gasteiger partial charge in [0, 0.05) is 31.7 Å². The second-order valence-electron chi connectivity index (χ2n) is 6.91. The SMILES string of the molecule is CCNC(=NCC(C)(C)N1CCOCC1)NCCc1ccc(F)cc1.I. The molecule has 7 heteroatoms. The Morgan fingerprint density at radius 3 is 2.46 bits per heavy atom. The number of nitrogens with zero attached hydrogens (tertiary/aromatic N) is 2. The fourth-order valence-corrected chi connectivity index (χ4v) is 2.86. The molecule has 1 fully saturated rings. The van der Waals surface area contributed by atoms with Crippen molar-refractivity contribution in [1.29, 1.82) is 0 Å². The van der Waals surface area contributed by atoms with Gasteiger partial charge >= 0.3 is 0 Å². The van der Waals surface area contributed by atoms with Gasteiger partial charge in [-0.15, -0.1) is 24.0 Å². The summed E-state index contributed by atoms with van der Waals surface area (Å²) in [5.74, 6) is 0.628. The zero-order valence-electron chi connectivity index (χ0n) is 16.1. The van der Waals surface area contributed by atoms with Crippen molar-refractivity contribution in [3.8, 4) is 0 Å². The monoisotopic (exact) mass is 478 g/mol. The molecule has 0 bridgehead atoms. The number of nitrogens with one attached hydrogen (secondary N) is 2. The highest BCUT2D eigenvalue weighted by molar-refractivity contribution is 14.0. The van der Waals surface area contributed by atoms with Crippen molar-refractivity contribution in [2.75, 3.05) is 45.9 Å². The Kier molecular flexibility index (Phi) is 10.4. The van der Waals surface area contributed by atoms with Gasteiger partial charge in [0.25, 0.3) is 0 Å². The number of morpholine rings is 1. The number of hydrogen-bond donors (Lipinski definition) is 2. The molecule has 1 aromatic carbocycles. The summed E-state index contributed by atoms with van der Waals surface area (Å²) >= 11 is 0. The van der Waals surface area contributed by atoms with Crippen molar-refractivity contribution in [3.05, 3.63) is 35.6 Å². The zero-order valence-corrected chi connectivity index (χ0v) is 18.4. The predicted octanol–water partition coefficient (Wildman–Crippen LogP) is 2.65. The lowest BCUT2D eigenvalue weighted by Gasteiger charge is -2.39. The molecule has 1 aromatic rings. The molecular weight excluding hydrogens is 446 g/mol. The number of aliphatic imine (C=N–C) groups is 1. The van der Waals surface area contributed by atoms with E-state index in [2.05, 4.69) is 36.3 Å². The molecule has 0 unspecified atom stereocenters. The van der Waals surface area contributed by atoms with E-state index in [0.29, 0.717) is 0 Å². The lowest BCUT2D eigenvalue weighted by atomic mass is 10.0.